The molecule has 0 aromatic carbocycles. The van der Waals surface area contributed by atoms with Gasteiger partial charge in [0.15, 0.2) is 0 Å². The largest absolute Gasteiger partial charge is 0.384 e. The van der Waals surface area contributed by atoms with E-state index >= 15 is 0 Å². The lowest BCUT2D eigenvalue weighted by Crippen LogP contribution is -2.03. The summed E-state index contributed by atoms with van der Waals surface area (Å²) >= 11 is 5.76. The van der Waals surface area contributed by atoms with E-state index in [-0.39, 0.29) is 0 Å². The SMILES string of the molecule is CCCCCNc1ccc(Cl)nc1C. The van der Waals surface area contributed by atoms with Crippen molar-refractivity contribution in [2.75, 3.05) is 11.9 Å². The number of aryl methyl sites for hydroxylation is 1. The van der Waals surface area contributed by atoms with Crippen LogP contribution in [0.1, 0.15) is 31.9 Å². The summed E-state index contributed by atoms with van der Waals surface area (Å²) in [6.45, 7) is 5.18. The molecule has 1 N–H and O–H groups in total. The van der Waals surface area contributed by atoms with Gasteiger partial charge >= 0.3 is 0 Å². The summed E-state index contributed by atoms with van der Waals surface area (Å²) < 4.78 is 0. The normalized spacial score (nSPS) is 10.2. The summed E-state index contributed by atoms with van der Waals surface area (Å²) in [5.74, 6) is 0. The second-order valence-electron chi connectivity index (χ2n) is 3.40. The number of hydrogen-bond acceptors (Lipinski definition) is 2. The van der Waals surface area contributed by atoms with E-state index in [4.69, 9.17) is 11.6 Å². The van der Waals surface area contributed by atoms with Crippen molar-refractivity contribution in [3.63, 3.8) is 0 Å². The second kappa shape index (κ2) is 5.86. The van der Waals surface area contributed by atoms with E-state index in [2.05, 4.69) is 17.2 Å². The monoisotopic (exact) mass is 212 g/mol. The third-order valence-electron chi connectivity index (χ3n) is 2.15. The maximum atomic E-state index is 5.76. The minimum atomic E-state index is 0.557. The molecular formula is C11H17ClN2. The van der Waals surface area contributed by atoms with Crippen LogP contribution in [0.3, 0.4) is 0 Å². The molecule has 0 aliphatic carbocycles. The van der Waals surface area contributed by atoms with Crippen molar-refractivity contribution >= 4 is 17.3 Å². The van der Waals surface area contributed by atoms with Crippen LogP contribution in [0.5, 0.6) is 0 Å². The minimum Gasteiger partial charge on any atom is -0.384 e. The van der Waals surface area contributed by atoms with Crippen LogP contribution in [0.25, 0.3) is 0 Å². The number of nitrogens with zero attached hydrogens (tertiary/aromatic N) is 1. The van der Waals surface area contributed by atoms with Crippen molar-refractivity contribution in [3.05, 3.63) is 23.0 Å². The summed E-state index contributed by atoms with van der Waals surface area (Å²) in [6, 6.07) is 3.80. The van der Waals surface area contributed by atoms with Gasteiger partial charge in [0.25, 0.3) is 0 Å². The Morgan fingerprint density at radius 3 is 2.79 bits per heavy atom. The number of nitrogens with one attached hydrogen (secondary N) is 1. The van der Waals surface area contributed by atoms with Gasteiger partial charge in [-0.25, -0.2) is 4.98 Å². The number of pyridine rings is 1. The molecule has 0 bridgehead atoms. The molecule has 0 amide bonds. The van der Waals surface area contributed by atoms with Gasteiger partial charge in [0.2, 0.25) is 0 Å². The molecule has 0 saturated heterocycles. The molecule has 0 atom stereocenters. The third kappa shape index (κ3) is 3.54. The van der Waals surface area contributed by atoms with Crippen LogP contribution in [-0.2, 0) is 0 Å². The smallest absolute Gasteiger partial charge is 0.129 e. The number of rotatable bonds is 5. The minimum absolute atomic E-state index is 0.557. The predicted molar refractivity (Wildman–Crippen MR) is 62.0 cm³/mol. The highest BCUT2D eigenvalue weighted by atomic mass is 35.5. The van der Waals surface area contributed by atoms with Gasteiger partial charge in [-0.2, -0.15) is 0 Å². The number of anilines is 1. The zero-order valence-corrected chi connectivity index (χ0v) is 9.56. The molecule has 1 heterocycles. The fourth-order valence-electron chi connectivity index (χ4n) is 1.32. The van der Waals surface area contributed by atoms with E-state index < -0.39 is 0 Å². The van der Waals surface area contributed by atoms with Gasteiger partial charge in [0.05, 0.1) is 11.4 Å². The first kappa shape index (κ1) is 11.3. The molecule has 1 aromatic rings. The standard InChI is InChI=1S/C11H17ClN2/c1-3-4-5-8-13-10-6-7-11(12)14-9(10)2/h6-7,13H,3-5,8H2,1-2H3. The molecule has 0 spiro atoms. The highest BCUT2D eigenvalue weighted by molar-refractivity contribution is 6.29. The Bertz CT molecular complexity index is 287. The fraction of sp³-hybridized carbons (Fsp3) is 0.545. The Morgan fingerprint density at radius 1 is 1.36 bits per heavy atom. The quantitative estimate of drug-likeness (QED) is 0.596. The summed E-state index contributed by atoms with van der Waals surface area (Å²) in [5, 5.41) is 3.91. The molecular weight excluding hydrogens is 196 g/mol. The van der Waals surface area contributed by atoms with E-state index in [1.165, 1.54) is 19.3 Å². The third-order valence-corrected chi connectivity index (χ3v) is 2.36. The molecule has 0 aliphatic heterocycles. The van der Waals surface area contributed by atoms with E-state index in [9.17, 15) is 0 Å². The number of hydrogen-bond donors (Lipinski definition) is 1. The van der Waals surface area contributed by atoms with Gasteiger partial charge in [-0.1, -0.05) is 31.4 Å². The maximum absolute atomic E-state index is 5.76. The van der Waals surface area contributed by atoms with Gasteiger partial charge in [-0.15, -0.1) is 0 Å². The average Bonchev–Trinajstić information content (AvgIpc) is 2.15. The van der Waals surface area contributed by atoms with E-state index in [0.29, 0.717) is 5.15 Å². The molecule has 0 aliphatic rings. The molecule has 3 heteroatoms. The fourth-order valence-corrected chi connectivity index (χ4v) is 1.51. The van der Waals surface area contributed by atoms with Crippen LogP contribution in [-0.4, -0.2) is 11.5 Å². The van der Waals surface area contributed by atoms with Crippen LogP contribution in [0.2, 0.25) is 5.15 Å². The van der Waals surface area contributed by atoms with Crippen LogP contribution in [0, 0.1) is 6.92 Å². The lowest BCUT2D eigenvalue weighted by Gasteiger charge is -2.08. The van der Waals surface area contributed by atoms with Gasteiger partial charge in [0.1, 0.15) is 5.15 Å². The average molecular weight is 213 g/mol. The molecule has 14 heavy (non-hydrogen) atoms. The lowest BCUT2D eigenvalue weighted by molar-refractivity contribution is 0.743. The Kier molecular flexibility index (Phi) is 4.74. The van der Waals surface area contributed by atoms with Gasteiger partial charge in [0, 0.05) is 6.54 Å². The Morgan fingerprint density at radius 2 is 2.14 bits per heavy atom. The lowest BCUT2D eigenvalue weighted by atomic mass is 10.2. The van der Waals surface area contributed by atoms with Crippen LogP contribution >= 0.6 is 11.6 Å². The van der Waals surface area contributed by atoms with Crippen LogP contribution < -0.4 is 5.32 Å². The molecule has 0 fully saturated rings. The molecule has 1 rings (SSSR count). The maximum Gasteiger partial charge on any atom is 0.129 e. The van der Waals surface area contributed by atoms with Gasteiger partial charge in [-0.3, -0.25) is 0 Å². The molecule has 0 radical (unpaired) electrons. The summed E-state index contributed by atoms with van der Waals surface area (Å²) in [5.41, 5.74) is 2.06. The number of unbranched alkanes of at least 4 members (excludes halogenated alkanes) is 2. The molecule has 1 aromatic heterocycles. The first-order valence-electron chi connectivity index (χ1n) is 5.11. The zero-order chi connectivity index (χ0) is 10.4. The first-order chi connectivity index (χ1) is 6.74. The topological polar surface area (TPSA) is 24.9 Å². The summed E-state index contributed by atoms with van der Waals surface area (Å²) in [6.07, 6.45) is 3.73. The van der Waals surface area contributed by atoms with Crippen molar-refractivity contribution in [1.29, 1.82) is 0 Å². The van der Waals surface area contributed by atoms with Crippen LogP contribution in [0.15, 0.2) is 12.1 Å². The van der Waals surface area contributed by atoms with Crippen LogP contribution in [0.4, 0.5) is 5.69 Å². The highest BCUT2D eigenvalue weighted by Crippen LogP contribution is 2.15. The second-order valence-corrected chi connectivity index (χ2v) is 3.79. The molecule has 0 unspecified atom stereocenters. The molecule has 78 valence electrons. The predicted octanol–water partition coefficient (Wildman–Crippen LogP) is 3.65. The Balaban J connectivity index is 2.42. The Hall–Kier alpha value is -0.760. The zero-order valence-electron chi connectivity index (χ0n) is 8.81. The van der Waals surface area contributed by atoms with Gasteiger partial charge in [-0.05, 0) is 25.5 Å². The first-order valence-corrected chi connectivity index (χ1v) is 5.49. The van der Waals surface area contributed by atoms with E-state index in [1.54, 1.807) is 0 Å². The van der Waals surface area contributed by atoms with Crippen molar-refractivity contribution in [3.8, 4) is 0 Å². The van der Waals surface area contributed by atoms with Crippen molar-refractivity contribution in [2.24, 2.45) is 0 Å². The summed E-state index contributed by atoms with van der Waals surface area (Å²) in [4.78, 5) is 4.18. The van der Waals surface area contributed by atoms with Gasteiger partial charge < -0.3 is 5.32 Å². The molecule has 2 nitrogen and oxygen atoms in total. The number of halogens is 1. The van der Waals surface area contributed by atoms with Crippen molar-refractivity contribution in [2.45, 2.75) is 33.1 Å². The van der Waals surface area contributed by atoms with Crippen molar-refractivity contribution in [1.82, 2.24) is 4.98 Å². The Labute approximate surface area is 90.7 Å². The summed E-state index contributed by atoms with van der Waals surface area (Å²) in [7, 11) is 0. The number of aromatic nitrogens is 1. The van der Waals surface area contributed by atoms with E-state index in [0.717, 1.165) is 17.9 Å². The van der Waals surface area contributed by atoms with Crippen molar-refractivity contribution < 1.29 is 0 Å². The highest BCUT2D eigenvalue weighted by Gasteiger charge is 1.98. The van der Waals surface area contributed by atoms with E-state index in [1.807, 2.05) is 19.1 Å². The molecule has 0 saturated carbocycles.